The second-order valence-corrected chi connectivity index (χ2v) is 9.74. The fourth-order valence-corrected chi connectivity index (χ4v) is 5.34. The largest absolute Gasteiger partial charge is 0.366 e. The lowest BCUT2D eigenvalue weighted by Gasteiger charge is -2.47. The molecule has 1 N–H and O–H groups in total. The van der Waals surface area contributed by atoms with Crippen molar-refractivity contribution < 1.29 is 9.59 Å². The van der Waals surface area contributed by atoms with Gasteiger partial charge >= 0.3 is 0 Å². The minimum absolute atomic E-state index is 0.0367. The van der Waals surface area contributed by atoms with Crippen LogP contribution in [0.3, 0.4) is 0 Å². The predicted octanol–water partition coefficient (Wildman–Crippen LogP) is 5.28. The number of thiocarbonyl (C=S) groups is 1. The van der Waals surface area contributed by atoms with E-state index in [-0.39, 0.29) is 16.2 Å². The van der Waals surface area contributed by atoms with Crippen LogP contribution in [0.4, 0.5) is 11.4 Å². The molecule has 0 aromatic heterocycles. The Kier molecular flexibility index (Phi) is 5.86. The third-order valence-corrected chi connectivity index (χ3v) is 6.72. The van der Waals surface area contributed by atoms with Crippen LogP contribution in [0.1, 0.15) is 51.2 Å². The number of amides is 2. The number of nitrogens with one attached hydrogen (secondary N) is 1. The maximum atomic E-state index is 13.3. The zero-order valence-corrected chi connectivity index (χ0v) is 20.2. The van der Waals surface area contributed by atoms with Crippen molar-refractivity contribution in [2.45, 2.75) is 45.6 Å². The number of hydrogen-bond acceptors (Lipinski definition) is 4. The van der Waals surface area contributed by atoms with Gasteiger partial charge in [0.15, 0.2) is 5.11 Å². The maximum absolute atomic E-state index is 13.3. The van der Waals surface area contributed by atoms with Crippen molar-refractivity contribution in [1.82, 2.24) is 5.32 Å². The van der Waals surface area contributed by atoms with Crippen molar-refractivity contribution in [3.8, 4) is 0 Å². The van der Waals surface area contributed by atoms with Crippen LogP contribution >= 0.6 is 23.8 Å². The summed E-state index contributed by atoms with van der Waals surface area (Å²) in [5.41, 5.74) is 3.87. The molecule has 2 amide bonds. The molecule has 0 unspecified atom stereocenters. The molecule has 2 aliphatic rings. The highest BCUT2D eigenvalue weighted by Gasteiger charge is 2.36. The lowest BCUT2D eigenvalue weighted by atomic mass is 9.79. The van der Waals surface area contributed by atoms with Gasteiger partial charge in [0.05, 0.1) is 5.69 Å². The number of nitrogens with zero attached hydrogens (tertiary/aromatic N) is 2. The highest BCUT2D eigenvalue weighted by molar-refractivity contribution is 7.80. The summed E-state index contributed by atoms with van der Waals surface area (Å²) in [7, 11) is 0. The number of anilines is 2. The van der Waals surface area contributed by atoms with Crippen LogP contribution in [-0.2, 0) is 9.59 Å². The highest BCUT2D eigenvalue weighted by atomic mass is 35.5. The Bertz CT molecular complexity index is 1160. The Labute approximate surface area is 199 Å². The molecule has 7 heteroatoms. The van der Waals surface area contributed by atoms with Crippen LogP contribution in [0.2, 0.25) is 5.02 Å². The van der Waals surface area contributed by atoms with E-state index in [1.165, 1.54) is 16.2 Å². The Morgan fingerprint density at radius 1 is 1.22 bits per heavy atom. The molecule has 1 atom stereocenters. The lowest BCUT2D eigenvalue weighted by molar-refractivity contribution is -0.122. The minimum Gasteiger partial charge on any atom is -0.366 e. The molecule has 1 saturated heterocycles. The van der Waals surface area contributed by atoms with E-state index >= 15 is 0 Å². The van der Waals surface area contributed by atoms with E-state index in [0.29, 0.717) is 16.6 Å². The van der Waals surface area contributed by atoms with Gasteiger partial charge in [-0.3, -0.25) is 19.8 Å². The predicted molar refractivity (Wildman–Crippen MR) is 134 cm³/mol. The molecule has 0 radical (unpaired) electrons. The molecule has 2 aromatic rings. The van der Waals surface area contributed by atoms with Gasteiger partial charge in [-0.15, -0.1) is 0 Å². The van der Waals surface area contributed by atoms with Gasteiger partial charge in [0, 0.05) is 22.8 Å². The van der Waals surface area contributed by atoms with Gasteiger partial charge in [-0.25, -0.2) is 0 Å². The molecule has 1 fully saturated rings. The number of fused-ring (bicyclic) bond motifs is 1. The second kappa shape index (κ2) is 8.34. The Morgan fingerprint density at radius 3 is 2.66 bits per heavy atom. The maximum Gasteiger partial charge on any atom is 0.270 e. The number of benzene rings is 2. The average Bonchev–Trinajstić information content (AvgIpc) is 2.71. The van der Waals surface area contributed by atoms with Gasteiger partial charge in [0.2, 0.25) is 0 Å². The standard InChI is InChI=1S/C25H26ClN3O2S/c1-5-28-21-10-9-16(11-19(21)15(2)14-25(28,3)4)12-20-22(30)27-24(32)29(23(20)31)18-8-6-7-17(26)13-18/h6-13,15H,5,14H2,1-4H3,(H,27,30,32)/b20-12+/t15-/m0/s1. The van der Waals surface area contributed by atoms with Crippen LogP contribution in [0.25, 0.3) is 6.08 Å². The van der Waals surface area contributed by atoms with E-state index in [1.54, 1.807) is 30.3 Å². The molecule has 0 saturated carbocycles. The Morgan fingerprint density at radius 2 is 1.97 bits per heavy atom. The van der Waals surface area contributed by atoms with Crippen molar-refractivity contribution in [1.29, 1.82) is 0 Å². The number of hydrogen-bond donors (Lipinski definition) is 1. The van der Waals surface area contributed by atoms with Gasteiger partial charge < -0.3 is 4.90 Å². The van der Waals surface area contributed by atoms with E-state index < -0.39 is 11.8 Å². The number of rotatable bonds is 3. The van der Waals surface area contributed by atoms with Gasteiger partial charge in [-0.05, 0) is 92.9 Å². The van der Waals surface area contributed by atoms with Gasteiger partial charge in [0.25, 0.3) is 11.8 Å². The quantitative estimate of drug-likeness (QED) is 0.379. The fourth-order valence-electron chi connectivity index (χ4n) is 4.87. The van der Waals surface area contributed by atoms with Crippen LogP contribution in [-0.4, -0.2) is 29.0 Å². The normalized spacial score (nSPS) is 21.6. The molecule has 0 bridgehead atoms. The first-order chi connectivity index (χ1) is 15.1. The highest BCUT2D eigenvalue weighted by Crippen LogP contribution is 2.43. The summed E-state index contributed by atoms with van der Waals surface area (Å²) in [4.78, 5) is 29.6. The van der Waals surface area contributed by atoms with Gasteiger partial charge in [0.1, 0.15) is 5.57 Å². The summed E-state index contributed by atoms with van der Waals surface area (Å²) in [5, 5.41) is 3.14. The summed E-state index contributed by atoms with van der Waals surface area (Å²) in [6, 6.07) is 13.0. The van der Waals surface area contributed by atoms with Crippen LogP contribution in [0.15, 0.2) is 48.0 Å². The van der Waals surface area contributed by atoms with Crippen molar-refractivity contribution in [3.63, 3.8) is 0 Å². The van der Waals surface area contributed by atoms with Crippen LogP contribution in [0.5, 0.6) is 0 Å². The first kappa shape index (κ1) is 22.5. The summed E-state index contributed by atoms with van der Waals surface area (Å²) in [5.74, 6) is -0.601. The van der Waals surface area contributed by atoms with Gasteiger partial charge in [-0.1, -0.05) is 30.7 Å². The Balaban J connectivity index is 1.73. The van der Waals surface area contributed by atoms with E-state index in [4.69, 9.17) is 23.8 Å². The zero-order chi connectivity index (χ0) is 23.2. The zero-order valence-electron chi connectivity index (χ0n) is 18.6. The second-order valence-electron chi connectivity index (χ2n) is 8.92. The minimum atomic E-state index is -0.500. The molecule has 5 nitrogen and oxygen atoms in total. The topological polar surface area (TPSA) is 52.7 Å². The molecule has 166 valence electrons. The summed E-state index contributed by atoms with van der Waals surface area (Å²) in [6.07, 6.45) is 2.67. The van der Waals surface area contributed by atoms with Crippen LogP contribution in [0, 0.1) is 0 Å². The molecular weight excluding hydrogens is 442 g/mol. The summed E-state index contributed by atoms with van der Waals surface area (Å²) >= 11 is 11.4. The number of halogens is 1. The molecule has 4 rings (SSSR count). The van der Waals surface area contributed by atoms with Gasteiger partial charge in [-0.2, -0.15) is 0 Å². The van der Waals surface area contributed by atoms with Crippen molar-refractivity contribution in [3.05, 3.63) is 64.2 Å². The fraction of sp³-hybridized carbons (Fsp3) is 0.320. The average molecular weight is 468 g/mol. The van der Waals surface area contributed by atoms with Crippen LogP contribution < -0.4 is 15.1 Å². The first-order valence-electron chi connectivity index (χ1n) is 10.7. The van der Waals surface area contributed by atoms with Crippen molar-refractivity contribution in [2.75, 3.05) is 16.3 Å². The first-order valence-corrected chi connectivity index (χ1v) is 11.5. The molecule has 0 aliphatic carbocycles. The molecule has 32 heavy (non-hydrogen) atoms. The molecule has 2 aromatic carbocycles. The third kappa shape index (κ3) is 3.93. The SMILES string of the molecule is CCN1c2ccc(/C=C3\C(=O)NC(=S)N(c4cccc(Cl)c4)C3=O)cc2[C@@H](C)CC1(C)C. The van der Waals surface area contributed by atoms with Crippen molar-refractivity contribution >= 4 is 58.2 Å². The smallest absolute Gasteiger partial charge is 0.270 e. The molecule has 2 aliphatic heterocycles. The molecule has 0 spiro atoms. The summed E-state index contributed by atoms with van der Waals surface area (Å²) in [6.45, 7) is 9.84. The van der Waals surface area contributed by atoms with E-state index in [2.05, 4.69) is 50.0 Å². The Hall–Kier alpha value is -2.70. The van der Waals surface area contributed by atoms with E-state index in [0.717, 1.165) is 18.5 Å². The molecule has 2 heterocycles. The van der Waals surface area contributed by atoms with Crippen molar-refractivity contribution in [2.24, 2.45) is 0 Å². The lowest BCUT2D eigenvalue weighted by Crippen LogP contribution is -2.54. The number of carbonyl (C=O) groups is 2. The number of carbonyl (C=O) groups excluding carboxylic acids is 2. The molecular formula is C25H26ClN3O2S. The monoisotopic (exact) mass is 467 g/mol. The third-order valence-electron chi connectivity index (χ3n) is 6.21. The summed E-state index contributed by atoms with van der Waals surface area (Å²) < 4.78 is 0. The van der Waals surface area contributed by atoms with E-state index in [9.17, 15) is 9.59 Å². The van der Waals surface area contributed by atoms with E-state index in [1.807, 2.05) is 6.07 Å².